The highest BCUT2D eigenvalue weighted by molar-refractivity contribution is 5.93. The molecule has 5 heteroatoms. The Morgan fingerprint density at radius 1 is 1.11 bits per heavy atom. The van der Waals surface area contributed by atoms with E-state index in [1.54, 1.807) is 12.1 Å². The molecule has 1 aromatic heterocycles. The first-order valence-electron chi connectivity index (χ1n) is 5.82. The zero-order valence-corrected chi connectivity index (χ0v) is 11.0. The van der Waals surface area contributed by atoms with E-state index in [2.05, 4.69) is 0 Å². The number of hydrogen-bond donors (Lipinski definition) is 0. The Hall–Kier alpha value is -2.43. The molecule has 1 heterocycles. The third-order valence-electron chi connectivity index (χ3n) is 2.92. The second kappa shape index (κ2) is 4.68. The van der Waals surface area contributed by atoms with E-state index in [0.717, 1.165) is 10.1 Å². The monoisotopic (exact) mass is 258 g/mol. The van der Waals surface area contributed by atoms with Gasteiger partial charge in [-0.2, -0.15) is 0 Å². The first kappa shape index (κ1) is 13.0. The lowest BCUT2D eigenvalue weighted by Crippen LogP contribution is -2.40. The highest BCUT2D eigenvalue weighted by Crippen LogP contribution is 2.05. The largest absolute Gasteiger partial charge is 0.335 e. The molecule has 0 saturated heterocycles. The number of rotatable bonds is 2. The van der Waals surface area contributed by atoms with E-state index in [1.165, 1.54) is 24.7 Å². The second-order valence-corrected chi connectivity index (χ2v) is 4.47. The van der Waals surface area contributed by atoms with E-state index in [9.17, 15) is 14.4 Å². The smallest absolute Gasteiger partial charge is 0.302 e. The third-order valence-corrected chi connectivity index (χ3v) is 2.92. The van der Waals surface area contributed by atoms with Crippen LogP contribution in [0.1, 0.15) is 22.8 Å². The van der Waals surface area contributed by atoms with Gasteiger partial charge in [-0.05, 0) is 26.0 Å². The van der Waals surface area contributed by atoms with Crippen LogP contribution in [0.5, 0.6) is 0 Å². The van der Waals surface area contributed by atoms with Crippen LogP contribution in [0.2, 0.25) is 0 Å². The van der Waals surface area contributed by atoms with Crippen LogP contribution in [0.15, 0.2) is 40.1 Å². The Labute approximate surface area is 109 Å². The van der Waals surface area contributed by atoms with E-state index < -0.39 is 11.2 Å². The molecule has 0 amide bonds. The summed E-state index contributed by atoms with van der Waals surface area (Å²) in [6.07, 6.45) is 1.28. The van der Waals surface area contributed by atoms with Crippen molar-refractivity contribution in [2.45, 2.75) is 13.8 Å². The molecule has 0 fully saturated rings. The fourth-order valence-corrected chi connectivity index (χ4v) is 1.83. The molecule has 19 heavy (non-hydrogen) atoms. The molecule has 98 valence electrons. The van der Waals surface area contributed by atoms with Crippen LogP contribution in [-0.4, -0.2) is 14.9 Å². The highest BCUT2D eigenvalue weighted by atomic mass is 16.2. The molecule has 0 N–H and O–H groups in total. The second-order valence-electron chi connectivity index (χ2n) is 4.47. The molecule has 2 rings (SSSR count). The van der Waals surface area contributed by atoms with Crippen LogP contribution >= 0.6 is 0 Å². The van der Waals surface area contributed by atoms with Crippen molar-refractivity contribution in [3.8, 4) is 5.69 Å². The summed E-state index contributed by atoms with van der Waals surface area (Å²) < 4.78 is 2.24. The molecule has 0 aliphatic heterocycles. The number of carbonyl (C=O) groups excluding carboxylic acids is 1. The van der Waals surface area contributed by atoms with Crippen molar-refractivity contribution < 1.29 is 4.79 Å². The minimum absolute atomic E-state index is 0.00248. The van der Waals surface area contributed by atoms with Crippen molar-refractivity contribution in [1.82, 2.24) is 9.13 Å². The molecule has 0 unspecified atom stereocenters. The van der Waals surface area contributed by atoms with Gasteiger partial charge < -0.3 is 4.57 Å². The van der Waals surface area contributed by atoms with Gasteiger partial charge in [0.2, 0.25) is 0 Å². The minimum atomic E-state index is -0.584. The van der Waals surface area contributed by atoms with Crippen molar-refractivity contribution in [2.24, 2.45) is 7.05 Å². The lowest BCUT2D eigenvalue weighted by atomic mass is 10.2. The first-order valence-corrected chi connectivity index (χ1v) is 5.82. The Balaban J connectivity index is 2.83. The predicted molar refractivity (Wildman–Crippen MR) is 72.0 cm³/mol. The fraction of sp³-hybridized carbons (Fsp3) is 0.214. The average Bonchev–Trinajstić information content (AvgIpc) is 2.36. The van der Waals surface area contributed by atoms with Crippen LogP contribution in [0.25, 0.3) is 5.69 Å². The molecule has 0 aliphatic rings. The quantitative estimate of drug-likeness (QED) is 0.756. The van der Waals surface area contributed by atoms with E-state index >= 15 is 0 Å². The molecule has 2 aromatic rings. The molecular formula is C14H14N2O3. The maximum Gasteiger partial charge on any atom is 0.335 e. The normalized spacial score (nSPS) is 10.5. The highest BCUT2D eigenvalue weighted by Gasteiger charge is 2.14. The van der Waals surface area contributed by atoms with Crippen molar-refractivity contribution in [3.63, 3.8) is 0 Å². The predicted octanol–water partition coefficient (Wildman–Crippen LogP) is 1.05. The number of carbonyl (C=O) groups is 1. The summed E-state index contributed by atoms with van der Waals surface area (Å²) >= 11 is 0. The molecule has 0 atom stereocenters. The molecule has 0 spiro atoms. The van der Waals surface area contributed by atoms with E-state index in [-0.39, 0.29) is 11.3 Å². The Morgan fingerprint density at radius 2 is 1.68 bits per heavy atom. The molecule has 0 radical (unpaired) electrons. The summed E-state index contributed by atoms with van der Waals surface area (Å²) in [5, 5.41) is 0. The Bertz CT molecular complexity index is 752. The topological polar surface area (TPSA) is 61.1 Å². The molecule has 0 saturated carbocycles. The molecule has 0 aliphatic carbocycles. The lowest BCUT2D eigenvalue weighted by Gasteiger charge is -2.09. The number of ketones is 1. The average molecular weight is 258 g/mol. The number of Topliss-reactive ketones (excluding diaryl/α,β-unsaturated/α-hetero) is 1. The van der Waals surface area contributed by atoms with Gasteiger partial charge in [0.15, 0.2) is 5.78 Å². The minimum Gasteiger partial charge on any atom is -0.302 e. The molecular weight excluding hydrogens is 244 g/mol. The van der Waals surface area contributed by atoms with Crippen LogP contribution in [0, 0.1) is 6.92 Å². The summed E-state index contributed by atoms with van der Waals surface area (Å²) in [4.78, 5) is 35.7. The molecule has 1 aromatic carbocycles. The van der Waals surface area contributed by atoms with Gasteiger partial charge in [-0.1, -0.05) is 17.7 Å². The van der Waals surface area contributed by atoms with Crippen LogP contribution in [0.4, 0.5) is 0 Å². The summed E-state index contributed by atoms with van der Waals surface area (Å²) in [6, 6.07) is 6.98. The maximum atomic E-state index is 12.2. The zero-order valence-electron chi connectivity index (χ0n) is 11.0. The number of benzene rings is 1. The van der Waals surface area contributed by atoms with E-state index in [1.807, 2.05) is 19.1 Å². The summed E-state index contributed by atoms with van der Waals surface area (Å²) in [6.45, 7) is 3.22. The fourth-order valence-electron chi connectivity index (χ4n) is 1.83. The van der Waals surface area contributed by atoms with E-state index in [0.29, 0.717) is 5.69 Å². The summed E-state index contributed by atoms with van der Waals surface area (Å²) in [5.41, 5.74) is 0.427. The van der Waals surface area contributed by atoms with Gasteiger partial charge in [0.25, 0.3) is 5.56 Å². The van der Waals surface area contributed by atoms with Crippen molar-refractivity contribution in [1.29, 1.82) is 0 Å². The number of hydrogen-bond acceptors (Lipinski definition) is 3. The summed E-state index contributed by atoms with van der Waals surface area (Å²) in [7, 11) is 1.51. The van der Waals surface area contributed by atoms with Gasteiger partial charge in [-0.15, -0.1) is 0 Å². The van der Waals surface area contributed by atoms with E-state index in [4.69, 9.17) is 0 Å². The Kier molecular flexibility index (Phi) is 3.21. The third kappa shape index (κ3) is 2.27. The number of aryl methyl sites for hydroxylation is 2. The zero-order chi connectivity index (χ0) is 14.2. The van der Waals surface area contributed by atoms with Gasteiger partial charge in [0.05, 0.1) is 11.3 Å². The van der Waals surface area contributed by atoms with Gasteiger partial charge >= 0.3 is 5.69 Å². The molecule has 5 nitrogen and oxygen atoms in total. The number of nitrogens with zero attached hydrogens (tertiary/aromatic N) is 2. The standard InChI is InChI=1S/C14H14N2O3/c1-9-4-6-11(7-5-9)16-13(18)12(10(2)17)8-15(3)14(16)19/h4-8H,1-3H3. The lowest BCUT2D eigenvalue weighted by molar-refractivity contribution is 0.101. The van der Waals surface area contributed by atoms with Crippen LogP contribution < -0.4 is 11.2 Å². The van der Waals surface area contributed by atoms with Crippen molar-refractivity contribution in [2.75, 3.05) is 0 Å². The Morgan fingerprint density at radius 3 is 2.21 bits per heavy atom. The van der Waals surface area contributed by atoms with Crippen molar-refractivity contribution >= 4 is 5.78 Å². The van der Waals surface area contributed by atoms with Gasteiger partial charge in [-0.25, -0.2) is 9.36 Å². The summed E-state index contributed by atoms with van der Waals surface area (Å²) in [5.74, 6) is -0.360. The maximum absolute atomic E-state index is 12.2. The van der Waals surface area contributed by atoms with Gasteiger partial charge in [-0.3, -0.25) is 9.59 Å². The molecule has 0 bridgehead atoms. The van der Waals surface area contributed by atoms with Gasteiger partial charge in [0, 0.05) is 13.2 Å². The van der Waals surface area contributed by atoms with Crippen LogP contribution in [-0.2, 0) is 7.05 Å². The number of aromatic nitrogens is 2. The first-order chi connectivity index (χ1) is 8.91. The van der Waals surface area contributed by atoms with Crippen molar-refractivity contribution in [3.05, 3.63) is 62.4 Å². The van der Waals surface area contributed by atoms with Gasteiger partial charge in [0.1, 0.15) is 0 Å². The van der Waals surface area contributed by atoms with Crippen LogP contribution in [0.3, 0.4) is 0 Å². The SMILES string of the molecule is CC(=O)c1cn(C)c(=O)n(-c2ccc(C)cc2)c1=O.